The molecule has 0 spiro atoms. The van der Waals surface area contributed by atoms with Crippen LogP contribution >= 0.6 is 24.0 Å². The van der Waals surface area contributed by atoms with Gasteiger partial charge in [-0.3, -0.25) is 0 Å². The van der Waals surface area contributed by atoms with E-state index in [1.54, 1.807) is 0 Å². The summed E-state index contributed by atoms with van der Waals surface area (Å²) in [5.41, 5.74) is 4.41. The highest BCUT2D eigenvalue weighted by Gasteiger charge is 2.24. The Morgan fingerprint density at radius 3 is 2.33 bits per heavy atom. The van der Waals surface area contributed by atoms with Gasteiger partial charge in [-0.15, -0.1) is 12.4 Å². The van der Waals surface area contributed by atoms with Crippen LogP contribution in [0.4, 0.5) is 0 Å². The van der Waals surface area contributed by atoms with Crippen molar-refractivity contribution in [3.8, 4) is 22.7 Å². The van der Waals surface area contributed by atoms with Gasteiger partial charge in [0.25, 0.3) is 0 Å². The van der Waals surface area contributed by atoms with Crippen molar-refractivity contribution in [3.05, 3.63) is 59.1 Å². The number of fused-ring (bicyclic) bond motifs is 1. The molecule has 140 valence electrons. The predicted octanol–water partition coefficient (Wildman–Crippen LogP) is 6.57. The molecule has 0 fully saturated rings. The van der Waals surface area contributed by atoms with Gasteiger partial charge < -0.3 is 9.40 Å². The molecular formula is C21H21Cl2N3O. The highest BCUT2D eigenvalue weighted by molar-refractivity contribution is 6.35. The number of aromatic amines is 1. The third-order valence-electron chi connectivity index (χ3n) is 4.30. The van der Waals surface area contributed by atoms with E-state index in [0.717, 1.165) is 27.9 Å². The maximum atomic E-state index is 6.50. The Morgan fingerprint density at radius 1 is 1.00 bits per heavy atom. The van der Waals surface area contributed by atoms with Crippen LogP contribution in [0, 0.1) is 6.92 Å². The quantitative estimate of drug-likeness (QED) is 0.413. The molecule has 0 atom stereocenters. The van der Waals surface area contributed by atoms with E-state index in [9.17, 15) is 0 Å². The van der Waals surface area contributed by atoms with E-state index in [1.807, 2.05) is 31.2 Å². The summed E-state index contributed by atoms with van der Waals surface area (Å²) < 4.78 is 6.00. The number of nitrogens with one attached hydrogen (secondary N) is 1. The second kappa shape index (κ2) is 7.02. The average Bonchev–Trinajstić information content (AvgIpc) is 3.19. The maximum absolute atomic E-state index is 6.50. The zero-order chi connectivity index (χ0) is 18.5. The smallest absolute Gasteiger partial charge is 0.200 e. The molecule has 4 aromatic rings. The van der Waals surface area contributed by atoms with Crippen LogP contribution in [0.3, 0.4) is 0 Å². The Hall–Kier alpha value is -2.30. The molecule has 0 aliphatic rings. The van der Waals surface area contributed by atoms with Crippen LogP contribution in [-0.4, -0.2) is 15.0 Å². The normalized spacial score (nSPS) is 11.6. The lowest BCUT2D eigenvalue weighted by Crippen LogP contribution is -2.11. The van der Waals surface area contributed by atoms with Gasteiger partial charge in [0.2, 0.25) is 5.89 Å². The molecule has 2 heterocycles. The van der Waals surface area contributed by atoms with Crippen LogP contribution in [0.15, 0.2) is 46.9 Å². The minimum Gasteiger partial charge on any atom is -0.437 e. The molecule has 0 aliphatic carbocycles. The number of nitrogens with zero attached hydrogens (tertiary/aromatic N) is 2. The number of aryl methyl sites for hydroxylation is 1. The standard InChI is InChI=1S/C21H20ClN3O.ClH/c1-12-18(26-20(23-12)21(2,3)4)19-24-16-11-14(10-15(22)17(16)25-19)13-8-6-5-7-9-13;/h5-11H,1-4H3,(H,24,25);1H. The largest absolute Gasteiger partial charge is 0.437 e. The number of hydrogen-bond acceptors (Lipinski definition) is 3. The van der Waals surface area contributed by atoms with Crippen molar-refractivity contribution in [3.63, 3.8) is 0 Å². The maximum Gasteiger partial charge on any atom is 0.200 e. The molecule has 0 bridgehead atoms. The average molecular weight is 402 g/mol. The molecule has 1 N–H and O–H groups in total. The number of rotatable bonds is 2. The van der Waals surface area contributed by atoms with Crippen LogP contribution in [0.25, 0.3) is 33.7 Å². The minimum atomic E-state index is -0.160. The van der Waals surface area contributed by atoms with E-state index in [0.29, 0.717) is 22.5 Å². The number of H-pyrrole nitrogens is 1. The van der Waals surface area contributed by atoms with Gasteiger partial charge in [-0.25, -0.2) is 9.97 Å². The molecular weight excluding hydrogens is 381 g/mol. The molecule has 4 nitrogen and oxygen atoms in total. The van der Waals surface area contributed by atoms with Crippen molar-refractivity contribution >= 4 is 35.0 Å². The highest BCUT2D eigenvalue weighted by Crippen LogP contribution is 2.34. The molecule has 0 saturated carbocycles. The van der Waals surface area contributed by atoms with Crippen LogP contribution in [0.5, 0.6) is 0 Å². The van der Waals surface area contributed by atoms with Gasteiger partial charge in [0.1, 0.15) is 5.52 Å². The molecule has 2 aromatic heterocycles. The van der Waals surface area contributed by atoms with E-state index in [2.05, 4.69) is 53.9 Å². The summed E-state index contributed by atoms with van der Waals surface area (Å²) >= 11 is 6.50. The lowest BCUT2D eigenvalue weighted by molar-refractivity contribution is 0.398. The SMILES string of the molecule is Cc1nc(C(C)(C)C)oc1-c1nc2c(Cl)cc(-c3ccccc3)cc2[nH]1.Cl. The van der Waals surface area contributed by atoms with E-state index in [1.165, 1.54) is 0 Å². The fourth-order valence-corrected chi connectivity index (χ4v) is 3.18. The first-order valence-electron chi connectivity index (χ1n) is 8.56. The molecule has 0 radical (unpaired) electrons. The molecule has 6 heteroatoms. The van der Waals surface area contributed by atoms with Crippen LogP contribution in [0.2, 0.25) is 5.02 Å². The predicted molar refractivity (Wildman–Crippen MR) is 113 cm³/mol. The van der Waals surface area contributed by atoms with Gasteiger partial charge in [0, 0.05) is 5.41 Å². The number of benzene rings is 2. The van der Waals surface area contributed by atoms with E-state index >= 15 is 0 Å². The summed E-state index contributed by atoms with van der Waals surface area (Å²) in [6, 6.07) is 14.1. The first-order chi connectivity index (χ1) is 12.3. The number of aromatic nitrogens is 3. The Morgan fingerprint density at radius 2 is 1.70 bits per heavy atom. The molecule has 27 heavy (non-hydrogen) atoms. The number of hydrogen-bond donors (Lipinski definition) is 1. The summed E-state index contributed by atoms with van der Waals surface area (Å²) in [5, 5.41) is 0.608. The fraction of sp³-hybridized carbons (Fsp3) is 0.238. The summed E-state index contributed by atoms with van der Waals surface area (Å²) in [7, 11) is 0. The van der Waals surface area contributed by atoms with Crippen molar-refractivity contribution < 1.29 is 4.42 Å². The monoisotopic (exact) mass is 401 g/mol. The zero-order valence-electron chi connectivity index (χ0n) is 15.6. The van der Waals surface area contributed by atoms with Gasteiger partial charge in [-0.1, -0.05) is 62.7 Å². The van der Waals surface area contributed by atoms with Crippen LogP contribution in [0.1, 0.15) is 32.4 Å². The fourth-order valence-electron chi connectivity index (χ4n) is 2.92. The van der Waals surface area contributed by atoms with Gasteiger partial charge in [-0.2, -0.15) is 0 Å². The highest BCUT2D eigenvalue weighted by atomic mass is 35.5. The van der Waals surface area contributed by atoms with Crippen LogP contribution in [-0.2, 0) is 5.41 Å². The first kappa shape index (κ1) is 19.5. The Balaban J connectivity index is 0.00000210. The molecule has 0 aliphatic heterocycles. The zero-order valence-corrected chi connectivity index (χ0v) is 17.2. The summed E-state index contributed by atoms with van der Waals surface area (Å²) in [6.45, 7) is 8.15. The third-order valence-corrected chi connectivity index (χ3v) is 4.59. The Kier molecular flexibility index (Phi) is 5.06. The van der Waals surface area contributed by atoms with Gasteiger partial charge in [0.05, 0.1) is 16.2 Å². The lowest BCUT2D eigenvalue weighted by Gasteiger charge is -2.11. The minimum absolute atomic E-state index is 0. The van der Waals surface area contributed by atoms with Crippen molar-refractivity contribution in [1.82, 2.24) is 15.0 Å². The summed E-state index contributed by atoms with van der Waals surface area (Å²) in [6.07, 6.45) is 0. The van der Waals surface area contributed by atoms with Crippen molar-refractivity contribution in [2.24, 2.45) is 0 Å². The Bertz CT molecular complexity index is 1090. The van der Waals surface area contributed by atoms with Gasteiger partial charge in [0.15, 0.2) is 11.6 Å². The van der Waals surface area contributed by atoms with Crippen LogP contribution < -0.4 is 0 Å². The summed E-state index contributed by atoms with van der Waals surface area (Å²) in [4.78, 5) is 12.5. The second-order valence-electron chi connectivity index (χ2n) is 7.49. The molecule has 4 rings (SSSR count). The van der Waals surface area contributed by atoms with Crippen molar-refractivity contribution in [2.45, 2.75) is 33.1 Å². The molecule has 0 unspecified atom stereocenters. The molecule has 0 saturated heterocycles. The Labute approximate surface area is 169 Å². The lowest BCUT2D eigenvalue weighted by atomic mass is 9.97. The van der Waals surface area contributed by atoms with Gasteiger partial charge in [-0.05, 0) is 30.2 Å². The second-order valence-corrected chi connectivity index (χ2v) is 7.90. The first-order valence-corrected chi connectivity index (χ1v) is 8.94. The van der Waals surface area contributed by atoms with Crippen molar-refractivity contribution in [1.29, 1.82) is 0 Å². The van der Waals surface area contributed by atoms with Crippen molar-refractivity contribution in [2.75, 3.05) is 0 Å². The van der Waals surface area contributed by atoms with Gasteiger partial charge >= 0.3 is 0 Å². The molecule has 0 amide bonds. The molecule has 2 aromatic carbocycles. The van der Waals surface area contributed by atoms with E-state index in [4.69, 9.17) is 16.0 Å². The summed E-state index contributed by atoms with van der Waals surface area (Å²) in [5.74, 6) is 2.00. The topological polar surface area (TPSA) is 54.7 Å². The number of oxazole rings is 1. The number of halogens is 2. The van der Waals surface area contributed by atoms with E-state index < -0.39 is 0 Å². The van der Waals surface area contributed by atoms with E-state index in [-0.39, 0.29) is 17.8 Å². The third kappa shape index (κ3) is 3.60. The number of imidazole rings is 1.